The van der Waals surface area contributed by atoms with Crippen LogP contribution in [0.25, 0.3) is 16.2 Å². The van der Waals surface area contributed by atoms with E-state index in [1.807, 2.05) is 46.4 Å². The molecule has 0 aliphatic heterocycles. The second kappa shape index (κ2) is 5.00. The van der Waals surface area contributed by atoms with Crippen molar-refractivity contribution in [1.82, 2.24) is 9.38 Å². The van der Waals surface area contributed by atoms with Crippen molar-refractivity contribution in [2.45, 2.75) is 19.3 Å². The van der Waals surface area contributed by atoms with Crippen LogP contribution >= 0.6 is 11.3 Å². The van der Waals surface area contributed by atoms with E-state index in [-0.39, 0.29) is 11.8 Å². The van der Waals surface area contributed by atoms with E-state index in [4.69, 9.17) is 0 Å². The fraction of sp³-hybridized carbons (Fsp3) is 0.250. The standard InChI is InChI=1S/C16H15N3OS/c20-15(11-4-3-5-11)17-13-7-2-1-6-12(13)14-10-19-8-9-21-16(19)18-14/h1-2,6-11H,3-5H2,(H,17,20). The molecule has 4 rings (SSSR count). The molecule has 21 heavy (non-hydrogen) atoms. The van der Waals surface area contributed by atoms with E-state index in [0.29, 0.717) is 0 Å². The van der Waals surface area contributed by atoms with Crippen LogP contribution in [-0.4, -0.2) is 15.3 Å². The van der Waals surface area contributed by atoms with Crippen LogP contribution in [0.15, 0.2) is 42.0 Å². The lowest BCUT2D eigenvalue weighted by atomic mass is 9.85. The van der Waals surface area contributed by atoms with Gasteiger partial charge >= 0.3 is 0 Å². The molecule has 0 spiro atoms. The summed E-state index contributed by atoms with van der Waals surface area (Å²) in [5.74, 6) is 0.318. The highest BCUT2D eigenvalue weighted by molar-refractivity contribution is 7.15. The maximum absolute atomic E-state index is 12.2. The number of amides is 1. The first-order valence-electron chi connectivity index (χ1n) is 7.14. The van der Waals surface area contributed by atoms with Gasteiger partial charge in [0.1, 0.15) is 0 Å². The molecular weight excluding hydrogens is 282 g/mol. The van der Waals surface area contributed by atoms with Crippen molar-refractivity contribution in [3.05, 3.63) is 42.0 Å². The Hall–Kier alpha value is -2.14. The van der Waals surface area contributed by atoms with Gasteiger partial charge in [-0.1, -0.05) is 24.6 Å². The topological polar surface area (TPSA) is 46.4 Å². The second-order valence-corrected chi connectivity index (χ2v) is 6.25. The summed E-state index contributed by atoms with van der Waals surface area (Å²) >= 11 is 1.60. The normalized spacial score (nSPS) is 15.0. The number of thiazole rings is 1. The average Bonchev–Trinajstić information content (AvgIpc) is 2.97. The molecule has 5 heteroatoms. The largest absolute Gasteiger partial charge is 0.325 e. The first-order chi connectivity index (χ1) is 10.3. The summed E-state index contributed by atoms with van der Waals surface area (Å²) in [6.45, 7) is 0. The molecule has 0 atom stereocenters. The summed E-state index contributed by atoms with van der Waals surface area (Å²) in [6, 6.07) is 7.86. The van der Waals surface area contributed by atoms with Gasteiger partial charge in [0, 0.05) is 29.3 Å². The minimum absolute atomic E-state index is 0.134. The number of carbonyl (C=O) groups is 1. The fourth-order valence-electron chi connectivity index (χ4n) is 2.58. The van der Waals surface area contributed by atoms with Gasteiger partial charge in [-0.15, -0.1) is 11.3 Å². The lowest BCUT2D eigenvalue weighted by molar-refractivity contribution is -0.122. The third kappa shape index (κ3) is 2.23. The van der Waals surface area contributed by atoms with Gasteiger partial charge in [-0.25, -0.2) is 4.98 Å². The maximum Gasteiger partial charge on any atom is 0.227 e. The van der Waals surface area contributed by atoms with E-state index in [2.05, 4.69) is 10.3 Å². The number of hydrogen-bond acceptors (Lipinski definition) is 3. The number of rotatable bonds is 3. The minimum atomic E-state index is 0.134. The Kier molecular flexibility index (Phi) is 3.00. The van der Waals surface area contributed by atoms with E-state index in [0.717, 1.165) is 41.2 Å². The molecule has 4 nitrogen and oxygen atoms in total. The molecule has 1 aliphatic rings. The highest BCUT2D eigenvalue weighted by Crippen LogP contribution is 2.31. The number of anilines is 1. The lowest BCUT2D eigenvalue weighted by Crippen LogP contribution is -2.28. The third-order valence-electron chi connectivity index (χ3n) is 4.03. The molecule has 2 aromatic heterocycles. The Morgan fingerprint density at radius 3 is 2.95 bits per heavy atom. The Morgan fingerprint density at radius 1 is 1.33 bits per heavy atom. The summed E-state index contributed by atoms with van der Waals surface area (Å²) in [4.78, 5) is 17.7. The molecule has 1 amide bonds. The van der Waals surface area contributed by atoms with Crippen molar-refractivity contribution in [3.8, 4) is 11.3 Å². The Morgan fingerprint density at radius 2 is 2.19 bits per heavy atom. The molecule has 0 radical (unpaired) electrons. The number of aromatic nitrogens is 2. The average molecular weight is 297 g/mol. The number of nitrogens with one attached hydrogen (secondary N) is 1. The van der Waals surface area contributed by atoms with Crippen LogP contribution in [0.1, 0.15) is 19.3 Å². The molecule has 106 valence electrons. The zero-order valence-corrected chi connectivity index (χ0v) is 12.3. The Bertz CT molecular complexity index is 772. The van der Waals surface area contributed by atoms with Gasteiger partial charge in [-0.3, -0.25) is 9.20 Å². The van der Waals surface area contributed by atoms with Gasteiger partial charge in [0.25, 0.3) is 0 Å². The number of hydrogen-bond donors (Lipinski definition) is 1. The first kappa shape index (κ1) is 12.6. The van der Waals surface area contributed by atoms with Gasteiger partial charge in [-0.05, 0) is 18.9 Å². The predicted molar refractivity (Wildman–Crippen MR) is 84.5 cm³/mol. The van der Waals surface area contributed by atoms with Gasteiger partial charge in [-0.2, -0.15) is 0 Å². The Balaban J connectivity index is 1.68. The quantitative estimate of drug-likeness (QED) is 0.799. The van der Waals surface area contributed by atoms with E-state index < -0.39 is 0 Å². The van der Waals surface area contributed by atoms with Crippen LogP contribution in [0.3, 0.4) is 0 Å². The van der Waals surface area contributed by atoms with Crippen molar-refractivity contribution in [3.63, 3.8) is 0 Å². The van der Waals surface area contributed by atoms with Gasteiger partial charge in [0.05, 0.1) is 11.4 Å². The molecule has 0 unspecified atom stereocenters. The number of nitrogens with zero attached hydrogens (tertiary/aromatic N) is 2. The molecule has 0 saturated heterocycles. The van der Waals surface area contributed by atoms with Crippen LogP contribution in [0, 0.1) is 5.92 Å². The highest BCUT2D eigenvalue weighted by atomic mass is 32.1. The lowest BCUT2D eigenvalue weighted by Gasteiger charge is -2.24. The smallest absolute Gasteiger partial charge is 0.227 e. The summed E-state index contributed by atoms with van der Waals surface area (Å²) in [5.41, 5.74) is 2.72. The third-order valence-corrected chi connectivity index (χ3v) is 4.80. The Labute approximate surface area is 126 Å². The molecular formula is C16H15N3OS. The van der Waals surface area contributed by atoms with Crippen molar-refractivity contribution < 1.29 is 4.79 Å². The number of benzene rings is 1. The van der Waals surface area contributed by atoms with Gasteiger partial charge in [0.2, 0.25) is 5.91 Å². The van der Waals surface area contributed by atoms with E-state index in [1.54, 1.807) is 11.3 Å². The molecule has 1 saturated carbocycles. The van der Waals surface area contributed by atoms with Crippen LogP contribution in [-0.2, 0) is 4.79 Å². The van der Waals surface area contributed by atoms with Crippen molar-refractivity contribution in [2.24, 2.45) is 5.92 Å². The number of fused-ring (bicyclic) bond motifs is 1. The van der Waals surface area contributed by atoms with Crippen LogP contribution in [0.2, 0.25) is 0 Å². The zero-order chi connectivity index (χ0) is 14.2. The molecule has 1 N–H and O–H groups in total. The van der Waals surface area contributed by atoms with Crippen molar-refractivity contribution >= 4 is 27.9 Å². The van der Waals surface area contributed by atoms with E-state index in [9.17, 15) is 4.79 Å². The van der Waals surface area contributed by atoms with Gasteiger partial charge in [0.15, 0.2) is 4.96 Å². The summed E-state index contributed by atoms with van der Waals surface area (Å²) < 4.78 is 2.00. The summed E-state index contributed by atoms with van der Waals surface area (Å²) in [7, 11) is 0. The maximum atomic E-state index is 12.2. The van der Waals surface area contributed by atoms with Crippen LogP contribution in [0.5, 0.6) is 0 Å². The van der Waals surface area contributed by atoms with Crippen LogP contribution in [0.4, 0.5) is 5.69 Å². The van der Waals surface area contributed by atoms with Crippen molar-refractivity contribution in [2.75, 3.05) is 5.32 Å². The van der Waals surface area contributed by atoms with Crippen LogP contribution < -0.4 is 5.32 Å². The predicted octanol–water partition coefficient (Wildman–Crippen LogP) is 3.80. The molecule has 0 bridgehead atoms. The molecule has 1 fully saturated rings. The molecule has 1 aliphatic carbocycles. The number of imidazole rings is 1. The second-order valence-electron chi connectivity index (χ2n) is 5.38. The van der Waals surface area contributed by atoms with Crippen molar-refractivity contribution in [1.29, 1.82) is 0 Å². The number of para-hydroxylation sites is 1. The fourth-order valence-corrected chi connectivity index (χ4v) is 3.28. The minimum Gasteiger partial charge on any atom is -0.325 e. The number of carbonyl (C=O) groups excluding carboxylic acids is 1. The summed E-state index contributed by atoms with van der Waals surface area (Å²) in [6.07, 6.45) is 7.17. The monoisotopic (exact) mass is 297 g/mol. The SMILES string of the molecule is O=C(Nc1ccccc1-c1cn2ccsc2n1)C1CCC1. The van der Waals surface area contributed by atoms with Gasteiger partial charge < -0.3 is 5.32 Å². The molecule has 3 aromatic rings. The zero-order valence-electron chi connectivity index (χ0n) is 11.5. The van der Waals surface area contributed by atoms with E-state index >= 15 is 0 Å². The first-order valence-corrected chi connectivity index (χ1v) is 8.02. The summed E-state index contributed by atoms with van der Waals surface area (Å²) in [5, 5.41) is 5.07. The highest BCUT2D eigenvalue weighted by Gasteiger charge is 2.25. The molecule has 2 heterocycles. The van der Waals surface area contributed by atoms with E-state index in [1.165, 1.54) is 0 Å². The molecule has 1 aromatic carbocycles.